The molecule has 0 bridgehead atoms. The first-order valence-electron chi connectivity index (χ1n) is 9.22. The Morgan fingerprint density at radius 2 is 1.83 bits per heavy atom. The van der Waals surface area contributed by atoms with Crippen LogP contribution in [0.1, 0.15) is 11.5 Å². The highest BCUT2D eigenvalue weighted by molar-refractivity contribution is 9.10. The highest BCUT2D eigenvalue weighted by Crippen LogP contribution is 2.33. The highest BCUT2D eigenvalue weighted by atomic mass is 79.9. The van der Waals surface area contributed by atoms with E-state index in [1.807, 2.05) is 31.2 Å². The maximum Gasteiger partial charge on any atom is 0.263 e. The number of rotatable bonds is 4. The highest BCUT2D eigenvalue weighted by Gasteiger charge is 2.55. The molecule has 5 rings (SSSR count). The van der Waals surface area contributed by atoms with Gasteiger partial charge in [0, 0.05) is 10.0 Å². The van der Waals surface area contributed by atoms with Crippen LogP contribution in [-0.2, 0) is 16.1 Å². The van der Waals surface area contributed by atoms with Crippen LogP contribution in [0.3, 0.4) is 0 Å². The number of aryl methyl sites for hydroxylation is 1. The van der Waals surface area contributed by atoms with Crippen LogP contribution in [0.15, 0.2) is 67.9 Å². The predicted molar refractivity (Wildman–Crippen MR) is 109 cm³/mol. The van der Waals surface area contributed by atoms with Gasteiger partial charge in [-0.25, -0.2) is 4.90 Å². The normalized spacial score (nSPS) is 20.3. The molecule has 0 spiro atoms. The van der Waals surface area contributed by atoms with Crippen molar-refractivity contribution in [3.63, 3.8) is 0 Å². The van der Waals surface area contributed by atoms with E-state index in [1.165, 1.54) is 5.01 Å². The Kier molecular flexibility index (Phi) is 4.43. The fourth-order valence-corrected chi connectivity index (χ4v) is 3.85. The molecular weight excluding hydrogens is 452 g/mol. The lowest BCUT2D eigenvalue weighted by Gasteiger charge is -2.19. The Balaban J connectivity index is 1.37. The molecule has 2 atom stereocenters. The van der Waals surface area contributed by atoms with Crippen molar-refractivity contribution in [3.8, 4) is 11.4 Å². The van der Waals surface area contributed by atoms with Crippen molar-refractivity contribution in [2.45, 2.75) is 25.6 Å². The molecule has 1 saturated heterocycles. The quantitative estimate of drug-likeness (QED) is 0.546. The first-order chi connectivity index (χ1) is 14.5. The van der Waals surface area contributed by atoms with Crippen LogP contribution in [0.25, 0.3) is 11.4 Å². The SMILES string of the molecule is Cc1ccccc1-c1noc(CN2N=N[C@@H]3C(=O)N(c4ccc(Br)cc4)C(=O)[C@@H]32)n1. The zero-order valence-corrected chi connectivity index (χ0v) is 17.4. The summed E-state index contributed by atoms with van der Waals surface area (Å²) in [6, 6.07) is 13.0. The number of halogens is 1. The second-order valence-corrected chi connectivity index (χ2v) is 7.92. The molecule has 0 aliphatic carbocycles. The van der Waals surface area contributed by atoms with Gasteiger partial charge in [0.15, 0.2) is 12.1 Å². The molecule has 0 saturated carbocycles. The number of carbonyl (C=O) groups is 2. The van der Waals surface area contributed by atoms with Crippen LogP contribution in [-0.4, -0.2) is 39.0 Å². The molecule has 2 aliphatic rings. The maximum absolute atomic E-state index is 13.0. The number of nitrogens with zero attached hydrogens (tertiary/aromatic N) is 6. The van der Waals surface area contributed by atoms with Gasteiger partial charge in [-0.15, -0.1) is 0 Å². The first kappa shape index (κ1) is 18.6. The van der Waals surface area contributed by atoms with Crippen molar-refractivity contribution in [1.82, 2.24) is 15.1 Å². The molecule has 3 heterocycles. The number of aromatic nitrogens is 2. The number of hydrogen-bond acceptors (Lipinski definition) is 8. The van der Waals surface area contributed by atoms with Gasteiger partial charge in [-0.2, -0.15) is 10.1 Å². The third-order valence-electron chi connectivity index (χ3n) is 5.09. The number of carbonyl (C=O) groups excluding carboxylic acids is 2. The summed E-state index contributed by atoms with van der Waals surface area (Å²) in [7, 11) is 0. The molecule has 0 N–H and O–H groups in total. The fraction of sp³-hybridized carbons (Fsp3) is 0.200. The molecule has 9 nitrogen and oxygen atoms in total. The standard InChI is InChI=1S/C20H15BrN6O3/c1-11-4-2-3-5-14(11)18-22-15(30-24-18)10-26-17-16(23-25-26)19(28)27(20(17)29)13-8-6-12(21)7-9-13/h2-9,16-17H,10H2,1H3/t16-,17+/m0/s1. The largest absolute Gasteiger partial charge is 0.337 e. The number of anilines is 1. The number of benzene rings is 2. The van der Waals surface area contributed by atoms with Crippen molar-refractivity contribution in [2.24, 2.45) is 10.3 Å². The van der Waals surface area contributed by atoms with Gasteiger partial charge in [0.2, 0.25) is 11.7 Å². The van der Waals surface area contributed by atoms with Gasteiger partial charge in [-0.3, -0.25) is 14.6 Å². The molecule has 1 aromatic heterocycles. The first-order valence-corrected chi connectivity index (χ1v) is 10.0. The van der Waals surface area contributed by atoms with Crippen molar-refractivity contribution in [3.05, 3.63) is 64.5 Å². The van der Waals surface area contributed by atoms with Crippen LogP contribution < -0.4 is 4.90 Å². The van der Waals surface area contributed by atoms with E-state index >= 15 is 0 Å². The smallest absolute Gasteiger partial charge is 0.263 e. The van der Waals surface area contributed by atoms with Crippen LogP contribution in [0, 0.1) is 6.92 Å². The van der Waals surface area contributed by atoms with E-state index in [-0.39, 0.29) is 18.3 Å². The zero-order valence-electron chi connectivity index (χ0n) is 15.8. The third-order valence-corrected chi connectivity index (χ3v) is 5.62. The molecule has 2 amide bonds. The Morgan fingerprint density at radius 1 is 1.07 bits per heavy atom. The Labute approximate surface area is 179 Å². The predicted octanol–water partition coefficient (Wildman–Crippen LogP) is 3.30. The van der Waals surface area contributed by atoms with Crippen molar-refractivity contribution >= 4 is 33.4 Å². The average Bonchev–Trinajstić information content (AvgIpc) is 3.42. The van der Waals surface area contributed by atoms with E-state index in [0.29, 0.717) is 11.5 Å². The zero-order chi connectivity index (χ0) is 20.8. The molecule has 1 fully saturated rings. The maximum atomic E-state index is 13.0. The molecule has 0 unspecified atom stereocenters. The lowest BCUT2D eigenvalue weighted by Crippen LogP contribution is -2.39. The molecule has 2 aromatic carbocycles. The van der Waals surface area contributed by atoms with Crippen LogP contribution in [0.4, 0.5) is 5.69 Å². The molecule has 30 heavy (non-hydrogen) atoms. The molecule has 3 aromatic rings. The lowest BCUT2D eigenvalue weighted by atomic mass is 10.1. The Hall–Kier alpha value is -3.40. The summed E-state index contributed by atoms with van der Waals surface area (Å²) < 4.78 is 6.21. The summed E-state index contributed by atoms with van der Waals surface area (Å²) in [5.41, 5.74) is 2.38. The van der Waals surface area contributed by atoms with Gasteiger partial charge in [0.1, 0.15) is 6.54 Å². The monoisotopic (exact) mass is 466 g/mol. The minimum absolute atomic E-state index is 0.0801. The van der Waals surface area contributed by atoms with Crippen molar-refractivity contribution in [1.29, 1.82) is 0 Å². The molecule has 0 radical (unpaired) electrons. The van der Waals surface area contributed by atoms with Crippen LogP contribution in [0.5, 0.6) is 0 Å². The van der Waals surface area contributed by atoms with Crippen molar-refractivity contribution < 1.29 is 14.1 Å². The van der Waals surface area contributed by atoms with Gasteiger partial charge >= 0.3 is 0 Å². The Bertz CT molecular complexity index is 1180. The topological polar surface area (TPSA) is 104 Å². The number of amides is 2. The molecule has 150 valence electrons. The summed E-state index contributed by atoms with van der Waals surface area (Å²) in [4.78, 5) is 31.4. The molecule has 2 aliphatic heterocycles. The van der Waals surface area contributed by atoms with Crippen LogP contribution >= 0.6 is 15.9 Å². The minimum atomic E-state index is -0.875. The van der Waals surface area contributed by atoms with Gasteiger partial charge < -0.3 is 4.52 Å². The van der Waals surface area contributed by atoms with Gasteiger partial charge in [-0.05, 0) is 36.8 Å². The van der Waals surface area contributed by atoms with Crippen LogP contribution in [0.2, 0.25) is 0 Å². The van der Waals surface area contributed by atoms with Crippen molar-refractivity contribution in [2.75, 3.05) is 4.90 Å². The van der Waals surface area contributed by atoms with E-state index in [9.17, 15) is 9.59 Å². The van der Waals surface area contributed by atoms with E-state index in [0.717, 1.165) is 20.5 Å². The number of imide groups is 1. The van der Waals surface area contributed by atoms with Gasteiger partial charge in [-0.1, -0.05) is 50.6 Å². The second kappa shape index (κ2) is 7.13. The average molecular weight is 467 g/mol. The second-order valence-electron chi connectivity index (χ2n) is 7.01. The number of hydrogen-bond donors (Lipinski definition) is 0. The summed E-state index contributed by atoms with van der Waals surface area (Å²) in [5.74, 6) is -0.0306. The summed E-state index contributed by atoms with van der Waals surface area (Å²) in [6.45, 7) is 2.04. The van der Waals surface area contributed by atoms with Gasteiger partial charge in [0.25, 0.3) is 11.8 Å². The van der Waals surface area contributed by atoms with E-state index in [2.05, 4.69) is 36.4 Å². The van der Waals surface area contributed by atoms with E-state index in [4.69, 9.17) is 4.52 Å². The minimum Gasteiger partial charge on any atom is -0.337 e. The lowest BCUT2D eigenvalue weighted by molar-refractivity contribution is -0.123. The Morgan fingerprint density at radius 3 is 2.60 bits per heavy atom. The van der Waals surface area contributed by atoms with E-state index < -0.39 is 18.0 Å². The summed E-state index contributed by atoms with van der Waals surface area (Å²) in [6.07, 6.45) is 0. The molecule has 10 heteroatoms. The fourth-order valence-electron chi connectivity index (χ4n) is 3.59. The molecular formula is C20H15BrN6O3. The summed E-state index contributed by atoms with van der Waals surface area (Å²) in [5, 5.41) is 13.5. The van der Waals surface area contributed by atoms with E-state index in [1.54, 1.807) is 24.3 Å². The summed E-state index contributed by atoms with van der Waals surface area (Å²) >= 11 is 3.35. The number of fused-ring (bicyclic) bond motifs is 1. The third kappa shape index (κ3) is 3.00. The van der Waals surface area contributed by atoms with Gasteiger partial charge in [0.05, 0.1) is 5.69 Å².